The lowest BCUT2D eigenvalue weighted by atomic mass is 10.2. The molecule has 0 atom stereocenters. The number of rotatable bonds is 2. The van der Waals surface area contributed by atoms with Crippen molar-refractivity contribution in [1.82, 2.24) is 0 Å². The molecule has 0 unspecified atom stereocenters. The van der Waals surface area contributed by atoms with E-state index in [-0.39, 0.29) is 11.9 Å². The molecule has 0 bridgehead atoms. The predicted octanol–water partition coefficient (Wildman–Crippen LogP) is -0.137. The van der Waals surface area contributed by atoms with Gasteiger partial charge in [0.1, 0.15) is 6.61 Å². The van der Waals surface area contributed by atoms with Crippen LogP contribution in [0.5, 0.6) is 0 Å². The van der Waals surface area contributed by atoms with Crippen LogP contribution >= 0.6 is 0 Å². The van der Waals surface area contributed by atoms with Gasteiger partial charge in [-0.25, -0.2) is 9.79 Å². The molecule has 0 spiro atoms. The van der Waals surface area contributed by atoms with Crippen molar-refractivity contribution < 1.29 is 9.53 Å². The van der Waals surface area contributed by atoms with Crippen molar-refractivity contribution in [3.8, 4) is 0 Å². The van der Waals surface area contributed by atoms with Crippen LogP contribution in [-0.4, -0.2) is 31.2 Å². The second-order valence-electron chi connectivity index (χ2n) is 3.76. The molecular weight excluding hydrogens is 248 g/mol. The van der Waals surface area contributed by atoms with Gasteiger partial charge in [0, 0.05) is 0 Å². The van der Waals surface area contributed by atoms with Gasteiger partial charge in [0.05, 0.1) is 17.9 Å². The van der Waals surface area contributed by atoms with Gasteiger partial charge in [-0.2, -0.15) is 4.99 Å². The summed E-state index contributed by atoms with van der Waals surface area (Å²) < 4.78 is 4.88. The monoisotopic (exact) mass is 262 g/mol. The van der Waals surface area contributed by atoms with Gasteiger partial charge in [0.2, 0.25) is 5.96 Å². The zero-order valence-electron chi connectivity index (χ0n) is 10.1. The second kappa shape index (κ2) is 5.25. The van der Waals surface area contributed by atoms with E-state index in [9.17, 15) is 4.79 Å². The first-order valence-corrected chi connectivity index (χ1v) is 5.55. The van der Waals surface area contributed by atoms with E-state index in [1.54, 1.807) is 24.3 Å². The fraction of sp³-hybridized carbons (Fsp3) is 0.182. The van der Waals surface area contributed by atoms with Crippen molar-refractivity contribution in [3.05, 3.63) is 24.3 Å². The Morgan fingerprint density at radius 3 is 2.63 bits per heavy atom. The Hall–Kier alpha value is -2.77. The fourth-order valence-electron chi connectivity index (χ4n) is 1.68. The maximum atomic E-state index is 11.5. The van der Waals surface area contributed by atoms with Crippen molar-refractivity contribution >= 4 is 29.4 Å². The number of para-hydroxylation sites is 2. The molecule has 1 aromatic carbocycles. The highest BCUT2D eigenvalue weighted by molar-refractivity contribution is 5.97. The van der Waals surface area contributed by atoms with Crippen LogP contribution in [0.25, 0.3) is 0 Å². The van der Waals surface area contributed by atoms with Gasteiger partial charge in [-0.15, -0.1) is 0 Å². The molecule has 0 radical (unpaired) electrons. The average molecular weight is 262 g/mol. The standard InChI is InChI=1S/C11H14N6O2/c12-9(13)16-10(14)15-7-3-1-2-4-8(7)17-5-6-19-11(17)18/h1-4H,5-6H2,(H6,12,13,14,15,16). The molecule has 1 heterocycles. The lowest BCUT2D eigenvalue weighted by molar-refractivity contribution is 0.181. The minimum absolute atomic E-state index is 0.0833. The van der Waals surface area contributed by atoms with Gasteiger partial charge in [-0.3, -0.25) is 4.90 Å². The summed E-state index contributed by atoms with van der Waals surface area (Å²) in [7, 11) is 0. The normalized spacial score (nSPS) is 15.3. The summed E-state index contributed by atoms with van der Waals surface area (Å²) in [5.41, 5.74) is 17.1. The summed E-state index contributed by atoms with van der Waals surface area (Å²) in [6.45, 7) is 0.813. The van der Waals surface area contributed by atoms with Crippen LogP contribution in [0.4, 0.5) is 16.2 Å². The number of carbonyl (C=O) groups excluding carboxylic acids is 1. The number of benzene rings is 1. The molecule has 19 heavy (non-hydrogen) atoms. The Morgan fingerprint density at radius 1 is 1.26 bits per heavy atom. The predicted molar refractivity (Wildman–Crippen MR) is 72.2 cm³/mol. The Labute approximate surface area is 109 Å². The molecule has 0 saturated carbocycles. The van der Waals surface area contributed by atoms with Crippen LogP contribution in [0.2, 0.25) is 0 Å². The third kappa shape index (κ3) is 2.92. The number of nitrogens with zero attached hydrogens (tertiary/aromatic N) is 3. The first-order valence-electron chi connectivity index (χ1n) is 5.55. The number of guanidine groups is 2. The highest BCUT2D eigenvalue weighted by Crippen LogP contribution is 2.30. The van der Waals surface area contributed by atoms with Crippen LogP contribution in [0.3, 0.4) is 0 Å². The van der Waals surface area contributed by atoms with Crippen LogP contribution in [0, 0.1) is 0 Å². The molecule has 1 fully saturated rings. The molecule has 8 nitrogen and oxygen atoms in total. The van der Waals surface area contributed by atoms with Gasteiger partial charge in [-0.1, -0.05) is 12.1 Å². The molecule has 1 aromatic rings. The molecule has 1 amide bonds. The van der Waals surface area contributed by atoms with Gasteiger partial charge < -0.3 is 21.9 Å². The third-order valence-electron chi connectivity index (χ3n) is 2.41. The van der Waals surface area contributed by atoms with Crippen LogP contribution in [0.15, 0.2) is 34.3 Å². The molecule has 1 saturated heterocycles. The number of ether oxygens (including phenoxy) is 1. The van der Waals surface area contributed by atoms with Gasteiger partial charge in [0.25, 0.3) is 0 Å². The molecule has 0 aliphatic carbocycles. The summed E-state index contributed by atoms with van der Waals surface area (Å²) in [4.78, 5) is 20.7. The zero-order chi connectivity index (χ0) is 13.8. The fourth-order valence-corrected chi connectivity index (χ4v) is 1.68. The van der Waals surface area contributed by atoms with Crippen molar-refractivity contribution in [2.45, 2.75) is 0 Å². The van der Waals surface area contributed by atoms with E-state index in [1.165, 1.54) is 4.90 Å². The number of amides is 1. The van der Waals surface area contributed by atoms with E-state index < -0.39 is 6.09 Å². The number of hydrogen-bond acceptors (Lipinski definition) is 3. The van der Waals surface area contributed by atoms with E-state index in [2.05, 4.69) is 9.98 Å². The number of anilines is 1. The summed E-state index contributed by atoms with van der Waals surface area (Å²) in [6.07, 6.45) is -0.414. The Kier molecular flexibility index (Phi) is 3.51. The Morgan fingerprint density at radius 2 is 2.00 bits per heavy atom. The van der Waals surface area contributed by atoms with Crippen molar-refractivity contribution in [2.24, 2.45) is 27.2 Å². The molecule has 0 aromatic heterocycles. The van der Waals surface area contributed by atoms with E-state index >= 15 is 0 Å². The Bertz CT molecular complexity index is 550. The first-order chi connectivity index (χ1) is 9.08. The van der Waals surface area contributed by atoms with Crippen LogP contribution in [0.1, 0.15) is 0 Å². The van der Waals surface area contributed by atoms with Crippen molar-refractivity contribution in [2.75, 3.05) is 18.1 Å². The Balaban J connectivity index is 2.36. The number of nitrogens with two attached hydrogens (primary N) is 3. The lowest BCUT2D eigenvalue weighted by Crippen LogP contribution is -2.26. The molecule has 1 aliphatic heterocycles. The smallest absolute Gasteiger partial charge is 0.414 e. The van der Waals surface area contributed by atoms with Crippen LogP contribution in [-0.2, 0) is 4.74 Å². The SMILES string of the molecule is NC(N)=NC(N)=Nc1ccccc1N1CCOC1=O. The summed E-state index contributed by atoms with van der Waals surface area (Å²) in [6, 6.07) is 7.01. The maximum absolute atomic E-state index is 11.5. The van der Waals surface area contributed by atoms with E-state index in [4.69, 9.17) is 21.9 Å². The summed E-state index contributed by atoms with van der Waals surface area (Å²) in [5.74, 6) is -0.265. The van der Waals surface area contributed by atoms with E-state index in [0.29, 0.717) is 24.5 Å². The zero-order valence-corrected chi connectivity index (χ0v) is 10.1. The maximum Gasteiger partial charge on any atom is 0.414 e. The van der Waals surface area contributed by atoms with Gasteiger partial charge in [0.15, 0.2) is 5.96 Å². The number of hydrogen-bond donors (Lipinski definition) is 3. The van der Waals surface area contributed by atoms with E-state index in [1.807, 2.05) is 0 Å². The lowest BCUT2D eigenvalue weighted by Gasteiger charge is -2.14. The third-order valence-corrected chi connectivity index (χ3v) is 2.41. The minimum atomic E-state index is -0.414. The molecule has 1 aliphatic rings. The number of cyclic esters (lactones) is 1. The molecule has 100 valence electrons. The number of carbonyl (C=O) groups is 1. The molecule has 2 rings (SSSR count). The van der Waals surface area contributed by atoms with Gasteiger partial charge in [-0.05, 0) is 12.1 Å². The van der Waals surface area contributed by atoms with E-state index in [0.717, 1.165) is 0 Å². The molecule has 6 N–H and O–H groups in total. The van der Waals surface area contributed by atoms with Crippen LogP contribution < -0.4 is 22.1 Å². The highest BCUT2D eigenvalue weighted by Gasteiger charge is 2.25. The van der Waals surface area contributed by atoms with Crippen molar-refractivity contribution in [3.63, 3.8) is 0 Å². The summed E-state index contributed by atoms with van der Waals surface area (Å²) in [5, 5.41) is 0. The largest absolute Gasteiger partial charge is 0.447 e. The average Bonchev–Trinajstić information content (AvgIpc) is 2.75. The quantitative estimate of drug-likeness (QED) is 0.504. The first kappa shape index (κ1) is 12.7. The second-order valence-corrected chi connectivity index (χ2v) is 3.76. The molecular formula is C11H14N6O2. The number of aliphatic imine (C=N–C) groups is 2. The molecule has 8 heteroatoms. The highest BCUT2D eigenvalue weighted by atomic mass is 16.6. The minimum Gasteiger partial charge on any atom is -0.447 e. The van der Waals surface area contributed by atoms with Gasteiger partial charge >= 0.3 is 6.09 Å². The van der Waals surface area contributed by atoms with Crippen molar-refractivity contribution in [1.29, 1.82) is 0 Å². The summed E-state index contributed by atoms with van der Waals surface area (Å²) >= 11 is 0. The topological polar surface area (TPSA) is 132 Å².